The molecule has 0 fully saturated rings. The van der Waals surface area contributed by atoms with Crippen LogP contribution in [0.2, 0.25) is 0 Å². The minimum atomic E-state index is 0.641. The van der Waals surface area contributed by atoms with E-state index in [2.05, 4.69) is 58.4 Å². The van der Waals surface area contributed by atoms with Crippen molar-refractivity contribution in [3.8, 4) is 0 Å². The monoisotopic (exact) mass is 304 g/mol. The zero-order chi connectivity index (χ0) is 12.0. The fraction of sp³-hybridized carbons (Fsp3) is 0.667. The van der Waals surface area contributed by atoms with Crippen LogP contribution in [0, 0.1) is 0 Å². The standard InChI is InChI=1S/C12H21BrN2S/c1-4-15(10(2)3)6-5-14-8-12-7-11(13)9-16-12/h7,9-10,14H,4-6,8H2,1-3H3. The highest BCUT2D eigenvalue weighted by molar-refractivity contribution is 9.10. The number of halogens is 1. The summed E-state index contributed by atoms with van der Waals surface area (Å²) >= 11 is 5.27. The molecule has 1 aromatic heterocycles. The van der Waals surface area contributed by atoms with Crippen LogP contribution in [0.1, 0.15) is 25.6 Å². The number of nitrogens with zero attached hydrogens (tertiary/aromatic N) is 1. The summed E-state index contributed by atoms with van der Waals surface area (Å²) in [6.45, 7) is 11.0. The van der Waals surface area contributed by atoms with Gasteiger partial charge in [-0.15, -0.1) is 11.3 Å². The second-order valence-corrected chi connectivity index (χ2v) is 6.04. The smallest absolute Gasteiger partial charge is 0.0300 e. The molecular formula is C12H21BrN2S. The molecule has 0 atom stereocenters. The highest BCUT2D eigenvalue weighted by Crippen LogP contribution is 2.19. The van der Waals surface area contributed by atoms with Crippen LogP contribution in [-0.2, 0) is 6.54 Å². The summed E-state index contributed by atoms with van der Waals surface area (Å²) in [5, 5.41) is 5.61. The zero-order valence-electron chi connectivity index (χ0n) is 10.3. The maximum atomic E-state index is 3.48. The van der Waals surface area contributed by atoms with Gasteiger partial charge >= 0.3 is 0 Å². The molecule has 0 amide bonds. The second kappa shape index (κ2) is 7.43. The number of hydrogen-bond acceptors (Lipinski definition) is 3. The molecule has 1 heterocycles. The maximum absolute atomic E-state index is 3.48. The van der Waals surface area contributed by atoms with Crippen molar-refractivity contribution < 1.29 is 0 Å². The first-order chi connectivity index (χ1) is 7.63. The van der Waals surface area contributed by atoms with E-state index in [4.69, 9.17) is 0 Å². The van der Waals surface area contributed by atoms with Crippen LogP contribution in [-0.4, -0.2) is 30.6 Å². The molecule has 0 spiro atoms. The van der Waals surface area contributed by atoms with Crippen LogP contribution in [0.25, 0.3) is 0 Å². The van der Waals surface area contributed by atoms with E-state index in [9.17, 15) is 0 Å². The average Bonchev–Trinajstić information content (AvgIpc) is 2.64. The van der Waals surface area contributed by atoms with Crippen molar-refractivity contribution in [2.24, 2.45) is 0 Å². The third-order valence-electron chi connectivity index (χ3n) is 2.63. The Bertz CT molecular complexity index is 299. The van der Waals surface area contributed by atoms with E-state index in [-0.39, 0.29) is 0 Å². The Balaban J connectivity index is 2.16. The van der Waals surface area contributed by atoms with Crippen LogP contribution in [0.5, 0.6) is 0 Å². The highest BCUT2D eigenvalue weighted by atomic mass is 79.9. The molecule has 4 heteroatoms. The SMILES string of the molecule is CCN(CCNCc1cc(Br)cs1)C(C)C. The number of hydrogen-bond donors (Lipinski definition) is 1. The number of likely N-dealkylation sites (N-methyl/N-ethyl adjacent to an activating group) is 1. The molecule has 92 valence electrons. The van der Waals surface area contributed by atoms with Gasteiger partial charge in [0, 0.05) is 40.4 Å². The molecule has 0 bridgehead atoms. The van der Waals surface area contributed by atoms with Crippen molar-refractivity contribution in [3.05, 3.63) is 20.8 Å². The van der Waals surface area contributed by atoms with Gasteiger partial charge in [-0.25, -0.2) is 0 Å². The van der Waals surface area contributed by atoms with Crippen molar-refractivity contribution in [2.75, 3.05) is 19.6 Å². The summed E-state index contributed by atoms with van der Waals surface area (Å²) in [5.74, 6) is 0. The molecule has 2 nitrogen and oxygen atoms in total. The third-order valence-corrected chi connectivity index (χ3v) is 4.33. The zero-order valence-corrected chi connectivity index (χ0v) is 12.7. The maximum Gasteiger partial charge on any atom is 0.0300 e. The van der Waals surface area contributed by atoms with Crippen LogP contribution in [0.15, 0.2) is 15.9 Å². The first-order valence-corrected chi connectivity index (χ1v) is 7.48. The molecule has 16 heavy (non-hydrogen) atoms. The van der Waals surface area contributed by atoms with Gasteiger partial charge in [0.2, 0.25) is 0 Å². The van der Waals surface area contributed by atoms with Crippen molar-refractivity contribution >= 4 is 27.3 Å². The summed E-state index contributed by atoms with van der Waals surface area (Å²) in [7, 11) is 0. The van der Waals surface area contributed by atoms with Gasteiger partial charge in [0.1, 0.15) is 0 Å². The molecule has 0 aromatic carbocycles. The fourth-order valence-corrected chi connectivity index (χ4v) is 3.08. The number of rotatable bonds is 7. The summed E-state index contributed by atoms with van der Waals surface area (Å²) < 4.78 is 1.19. The van der Waals surface area contributed by atoms with Crippen molar-refractivity contribution in [1.29, 1.82) is 0 Å². The van der Waals surface area contributed by atoms with E-state index in [0.29, 0.717) is 6.04 Å². The van der Waals surface area contributed by atoms with Gasteiger partial charge in [-0.05, 0) is 42.4 Å². The molecule has 0 saturated heterocycles. The average molecular weight is 305 g/mol. The van der Waals surface area contributed by atoms with Crippen molar-refractivity contribution in [2.45, 2.75) is 33.4 Å². The Morgan fingerprint density at radius 1 is 1.50 bits per heavy atom. The molecule has 1 aromatic rings. The predicted octanol–water partition coefficient (Wildman–Crippen LogP) is 3.33. The number of nitrogens with one attached hydrogen (secondary N) is 1. The molecule has 0 saturated carbocycles. The van der Waals surface area contributed by atoms with Gasteiger partial charge in [-0.2, -0.15) is 0 Å². The lowest BCUT2D eigenvalue weighted by Crippen LogP contribution is -2.36. The third kappa shape index (κ3) is 4.95. The summed E-state index contributed by atoms with van der Waals surface area (Å²) in [4.78, 5) is 3.86. The van der Waals surface area contributed by atoms with Crippen LogP contribution in [0.4, 0.5) is 0 Å². The molecule has 1 rings (SSSR count). The van der Waals surface area contributed by atoms with E-state index in [0.717, 1.165) is 26.2 Å². The van der Waals surface area contributed by atoms with Crippen LogP contribution < -0.4 is 5.32 Å². The first kappa shape index (κ1) is 14.2. The normalized spacial score (nSPS) is 11.6. The lowest BCUT2D eigenvalue weighted by molar-refractivity contribution is 0.234. The van der Waals surface area contributed by atoms with Gasteiger partial charge < -0.3 is 5.32 Å². The Kier molecular flexibility index (Phi) is 6.58. The van der Waals surface area contributed by atoms with Crippen LogP contribution in [0.3, 0.4) is 0 Å². The minimum absolute atomic E-state index is 0.641. The second-order valence-electron chi connectivity index (χ2n) is 4.13. The topological polar surface area (TPSA) is 15.3 Å². The van der Waals surface area contributed by atoms with E-state index in [1.807, 2.05) is 0 Å². The van der Waals surface area contributed by atoms with Crippen molar-refractivity contribution in [1.82, 2.24) is 10.2 Å². The molecule has 1 N–H and O–H groups in total. The summed E-state index contributed by atoms with van der Waals surface area (Å²) in [5.41, 5.74) is 0. The van der Waals surface area contributed by atoms with E-state index in [1.165, 1.54) is 9.35 Å². The summed E-state index contributed by atoms with van der Waals surface area (Å²) in [6.07, 6.45) is 0. The molecule has 0 unspecified atom stereocenters. The van der Waals surface area contributed by atoms with Gasteiger partial charge in [0.15, 0.2) is 0 Å². The molecule has 0 aliphatic heterocycles. The minimum Gasteiger partial charge on any atom is -0.311 e. The van der Waals surface area contributed by atoms with Crippen LogP contribution >= 0.6 is 27.3 Å². The lowest BCUT2D eigenvalue weighted by Gasteiger charge is -2.24. The molecule has 0 aliphatic rings. The molecule has 0 aliphatic carbocycles. The van der Waals surface area contributed by atoms with Gasteiger partial charge in [0.05, 0.1) is 0 Å². The Morgan fingerprint density at radius 3 is 2.75 bits per heavy atom. The number of thiophene rings is 1. The Morgan fingerprint density at radius 2 is 2.25 bits per heavy atom. The van der Waals surface area contributed by atoms with Gasteiger partial charge in [-0.1, -0.05) is 6.92 Å². The fourth-order valence-electron chi connectivity index (χ4n) is 1.66. The molecule has 0 radical (unpaired) electrons. The van der Waals surface area contributed by atoms with Crippen molar-refractivity contribution in [3.63, 3.8) is 0 Å². The first-order valence-electron chi connectivity index (χ1n) is 5.81. The van der Waals surface area contributed by atoms with E-state index < -0.39 is 0 Å². The highest BCUT2D eigenvalue weighted by Gasteiger charge is 2.05. The van der Waals surface area contributed by atoms with E-state index in [1.54, 1.807) is 11.3 Å². The summed E-state index contributed by atoms with van der Waals surface area (Å²) in [6, 6.07) is 2.82. The van der Waals surface area contributed by atoms with Gasteiger partial charge in [-0.3, -0.25) is 4.90 Å². The largest absolute Gasteiger partial charge is 0.311 e. The predicted molar refractivity (Wildman–Crippen MR) is 76.1 cm³/mol. The Hall–Kier alpha value is 0.1000. The quantitative estimate of drug-likeness (QED) is 0.777. The lowest BCUT2D eigenvalue weighted by atomic mass is 10.3. The van der Waals surface area contributed by atoms with Gasteiger partial charge in [0.25, 0.3) is 0 Å². The Labute approximate surface area is 111 Å². The molecular weight excluding hydrogens is 284 g/mol. The van der Waals surface area contributed by atoms with E-state index >= 15 is 0 Å².